The first-order valence-corrected chi connectivity index (χ1v) is 8.82. The number of carbonyl (C=O) groups excluding carboxylic acids is 1. The van der Waals surface area contributed by atoms with Crippen LogP contribution in [-0.2, 0) is 4.74 Å². The number of methoxy groups -OCH3 is 1. The van der Waals surface area contributed by atoms with Gasteiger partial charge in [-0.05, 0) is 24.0 Å². The van der Waals surface area contributed by atoms with Crippen LogP contribution in [0.2, 0.25) is 0 Å². The number of nitrogens with one attached hydrogen (secondary N) is 1. The molecule has 5 heteroatoms. The molecule has 0 radical (unpaired) electrons. The van der Waals surface area contributed by atoms with Crippen molar-refractivity contribution in [3.63, 3.8) is 0 Å². The molecule has 2 aromatic heterocycles. The number of hydrogen-bond donors (Lipinski definition) is 1. The van der Waals surface area contributed by atoms with E-state index in [0.717, 1.165) is 16.0 Å². The minimum atomic E-state index is -0.360. The Balaban J connectivity index is 2.19. The molecule has 0 unspecified atom stereocenters. The van der Waals surface area contributed by atoms with Crippen LogP contribution in [0, 0.1) is 5.41 Å². The molecule has 1 N–H and O–H groups in total. The number of rotatable bonds is 7. The monoisotopic (exact) mass is 332 g/mol. The van der Waals surface area contributed by atoms with Gasteiger partial charge in [-0.1, -0.05) is 39.3 Å². The molecule has 2 aromatic rings. The van der Waals surface area contributed by atoms with Gasteiger partial charge < -0.3 is 9.72 Å². The van der Waals surface area contributed by atoms with Crippen molar-refractivity contribution < 1.29 is 9.53 Å². The number of fused-ring (bicyclic) bond motifs is 1. The number of thioether (sulfide) groups is 1. The SMILES string of the molecule is CCCC(C)(C)C=CCSc1c(C(=O)OC)[nH]c2ncccc12. The molecule has 0 amide bonds. The van der Waals surface area contributed by atoms with Crippen LogP contribution in [0.4, 0.5) is 0 Å². The van der Waals surface area contributed by atoms with Crippen LogP contribution < -0.4 is 0 Å². The van der Waals surface area contributed by atoms with Crippen LogP contribution in [0.5, 0.6) is 0 Å². The number of allylic oxidation sites excluding steroid dienone is 1. The van der Waals surface area contributed by atoms with Crippen LogP contribution in [0.3, 0.4) is 0 Å². The lowest BCUT2D eigenvalue weighted by atomic mass is 9.88. The number of nitrogens with zero attached hydrogens (tertiary/aromatic N) is 1. The molecule has 0 saturated carbocycles. The molecule has 0 saturated heterocycles. The van der Waals surface area contributed by atoms with Crippen molar-refractivity contribution in [3.05, 3.63) is 36.2 Å². The van der Waals surface area contributed by atoms with Crippen molar-refractivity contribution in [2.24, 2.45) is 5.41 Å². The molecule has 0 aliphatic rings. The van der Waals surface area contributed by atoms with Gasteiger partial charge in [0.2, 0.25) is 0 Å². The predicted molar refractivity (Wildman–Crippen MR) is 96.0 cm³/mol. The highest BCUT2D eigenvalue weighted by Crippen LogP contribution is 2.32. The van der Waals surface area contributed by atoms with E-state index in [0.29, 0.717) is 11.3 Å². The lowest BCUT2D eigenvalue weighted by Crippen LogP contribution is -2.06. The zero-order valence-corrected chi connectivity index (χ0v) is 15.0. The average Bonchev–Trinajstić information content (AvgIpc) is 2.89. The van der Waals surface area contributed by atoms with Gasteiger partial charge in [0.05, 0.1) is 7.11 Å². The van der Waals surface area contributed by atoms with Crippen molar-refractivity contribution in [2.45, 2.75) is 38.5 Å². The molecule has 0 atom stereocenters. The maximum absolute atomic E-state index is 12.0. The standard InChI is InChI=1S/C18H24N2O2S/c1-5-9-18(2,3)10-7-12-23-15-13-8-6-11-19-16(13)20-14(15)17(21)22-4/h6-8,10-11H,5,9,12H2,1-4H3,(H,19,20). The van der Waals surface area contributed by atoms with Crippen molar-refractivity contribution in [1.82, 2.24) is 9.97 Å². The second-order valence-electron chi connectivity index (χ2n) is 6.17. The quantitative estimate of drug-likeness (QED) is 0.448. The Hall–Kier alpha value is -1.75. The van der Waals surface area contributed by atoms with E-state index in [9.17, 15) is 4.79 Å². The largest absolute Gasteiger partial charge is 0.464 e. The third-order valence-corrected chi connectivity index (χ3v) is 4.77. The number of esters is 1. The normalized spacial score (nSPS) is 12.2. The Labute approximate surface area is 141 Å². The van der Waals surface area contributed by atoms with Crippen LogP contribution in [0.1, 0.15) is 44.1 Å². The second kappa shape index (κ2) is 7.68. The van der Waals surface area contributed by atoms with E-state index in [4.69, 9.17) is 4.74 Å². The highest BCUT2D eigenvalue weighted by Gasteiger charge is 2.19. The van der Waals surface area contributed by atoms with E-state index in [1.807, 2.05) is 12.1 Å². The van der Waals surface area contributed by atoms with Gasteiger partial charge in [0.1, 0.15) is 11.3 Å². The van der Waals surface area contributed by atoms with E-state index in [2.05, 4.69) is 42.9 Å². The summed E-state index contributed by atoms with van der Waals surface area (Å²) < 4.78 is 4.87. The molecular weight excluding hydrogens is 308 g/mol. The number of hydrogen-bond acceptors (Lipinski definition) is 4. The predicted octanol–water partition coefficient (Wildman–Crippen LogP) is 4.82. The summed E-state index contributed by atoms with van der Waals surface area (Å²) in [5, 5.41) is 0.958. The first kappa shape index (κ1) is 17.6. The third kappa shape index (κ3) is 4.38. The van der Waals surface area contributed by atoms with Gasteiger partial charge >= 0.3 is 5.97 Å². The first-order chi connectivity index (χ1) is 11.0. The molecular formula is C18H24N2O2S. The van der Waals surface area contributed by atoms with Gasteiger partial charge in [-0.15, -0.1) is 11.8 Å². The summed E-state index contributed by atoms with van der Waals surface area (Å²) >= 11 is 1.63. The fourth-order valence-corrected chi connectivity index (χ4v) is 3.58. The van der Waals surface area contributed by atoms with E-state index in [1.54, 1.807) is 18.0 Å². The summed E-state index contributed by atoms with van der Waals surface area (Å²) in [6.45, 7) is 6.69. The van der Waals surface area contributed by atoms with Gasteiger partial charge in [0.25, 0.3) is 0 Å². The number of aromatic amines is 1. The minimum absolute atomic E-state index is 0.211. The molecule has 0 bridgehead atoms. The second-order valence-corrected chi connectivity index (χ2v) is 7.20. The Morgan fingerprint density at radius 1 is 1.48 bits per heavy atom. The van der Waals surface area contributed by atoms with Gasteiger partial charge in [0.15, 0.2) is 0 Å². The number of carbonyl (C=O) groups is 1. The molecule has 124 valence electrons. The minimum Gasteiger partial charge on any atom is -0.464 e. The molecule has 0 aliphatic carbocycles. The van der Waals surface area contributed by atoms with Gasteiger partial charge in [-0.2, -0.15) is 0 Å². The number of pyridine rings is 1. The van der Waals surface area contributed by atoms with Gasteiger partial charge in [-0.3, -0.25) is 0 Å². The zero-order chi connectivity index (χ0) is 16.9. The maximum Gasteiger partial charge on any atom is 0.355 e. The Kier molecular flexibility index (Phi) is 5.88. The van der Waals surface area contributed by atoms with E-state index in [-0.39, 0.29) is 11.4 Å². The fraction of sp³-hybridized carbons (Fsp3) is 0.444. The lowest BCUT2D eigenvalue weighted by molar-refractivity contribution is 0.0591. The number of H-pyrrole nitrogens is 1. The highest BCUT2D eigenvalue weighted by atomic mass is 32.2. The highest BCUT2D eigenvalue weighted by molar-refractivity contribution is 7.99. The van der Waals surface area contributed by atoms with Gasteiger partial charge in [-0.25, -0.2) is 9.78 Å². The number of ether oxygens (including phenoxy) is 1. The summed E-state index contributed by atoms with van der Waals surface area (Å²) in [6, 6.07) is 3.85. The summed E-state index contributed by atoms with van der Waals surface area (Å²) in [7, 11) is 1.39. The molecule has 2 heterocycles. The topological polar surface area (TPSA) is 55.0 Å². The van der Waals surface area contributed by atoms with Crippen molar-refractivity contribution in [1.29, 1.82) is 0 Å². The fourth-order valence-electron chi connectivity index (χ4n) is 2.62. The third-order valence-electron chi connectivity index (χ3n) is 3.70. The Morgan fingerprint density at radius 3 is 2.96 bits per heavy atom. The Bertz CT molecular complexity index is 704. The molecule has 23 heavy (non-hydrogen) atoms. The Morgan fingerprint density at radius 2 is 2.26 bits per heavy atom. The number of aromatic nitrogens is 2. The van der Waals surface area contributed by atoms with E-state index in [1.165, 1.54) is 20.0 Å². The maximum atomic E-state index is 12.0. The molecule has 0 aromatic carbocycles. The molecule has 2 rings (SSSR count). The van der Waals surface area contributed by atoms with Gasteiger partial charge in [0, 0.05) is 22.2 Å². The summed E-state index contributed by atoms with van der Waals surface area (Å²) in [4.78, 5) is 20.2. The van der Waals surface area contributed by atoms with Crippen LogP contribution in [0.25, 0.3) is 11.0 Å². The zero-order valence-electron chi connectivity index (χ0n) is 14.2. The molecule has 4 nitrogen and oxygen atoms in total. The van der Waals surface area contributed by atoms with Crippen LogP contribution >= 0.6 is 11.8 Å². The summed E-state index contributed by atoms with van der Waals surface area (Å²) in [5.41, 5.74) is 1.40. The smallest absolute Gasteiger partial charge is 0.355 e. The lowest BCUT2D eigenvalue weighted by Gasteiger charge is -2.18. The van der Waals surface area contributed by atoms with Crippen LogP contribution in [-0.4, -0.2) is 28.8 Å². The molecule has 0 fully saturated rings. The van der Waals surface area contributed by atoms with Crippen molar-refractivity contribution in [3.8, 4) is 0 Å². The van der Waals surface area contributed by atoms with Crippen molar-refractivity contribution in [2.75, 3.05) is 12.9 Å². The summed E-state index contributed by atoms with van der Waals surface area (Å²) in [5.74, 6) is 0.444. The summed E-state index contributed by atoms with van der Waals surface area (Å²) in [6.07, 6.45) is 8.48. The average molecular weight is 332 g/mol. The van der Waals surface area contributed by atoms with E-state index < -0.39 is 0 Å². The molecule has 0 spiro atoms. The van der Waals surface area contributed by atoms with Crippen molar-refractivity contribution >= 4 is 28.8 Å². The molecule has 0 aliphatic heterocycles. The van der Waals surface area contributed by atoms with Crippen LogP contribution in [0.15, 0.2) is 35.4 Å². The first-order valence-electron chi connectivity index (χ1n) is 7.84. The van der Waals surface area contributed by atoms with E-state index >= 15 is 0 Å².